The Morgan fingerprint density at radius 3 is 2.86 bits per heavy atom. The summed E-state index contributed by atoms with van der Waals surface area (Å²) in [7, 11) is 1.41. The highest BCUT2D eigenvalue weighted by atomic mass is 16.6. The summed E-state index contributed by atoms with van der Waals surface area (Å²) in [4.78, 5) is 26.5. The van der Waals surface area contributed by atoms with Gasteiger partial charge >= 0.3 is 0 Å². The Morgan fingerprint density at radius 1 is 1.50 bits per heavy atom. The molecule has 0 aliphatic heterocycles. The molecule has 0 spiro atoms. The number of carbonyl (C=O) groups excluding carboxylic acids is 1. The molecule has 1 heterocycles. The molecule has 1 N–H and O–H groups in total. The summed E-state index contributed by atoms with van der Waals surface area (Å²) in [6, 6.07) is 2.75. The number of nitrogens with zero attached hydrogens (tertiary/aromatic N) is 3. The molecule has 2 rings (SSSR count). The number of hydrogen-bond acceptors (Lipinski definition) is 5. The topological polar surface area (TPSA) is 99.3 Å². The van der Waals surface area contributed by atoms with Crippen molar-refractivity contribution >= 4 is 11.6 Å². The molecule has 2 aromatic rings. The van der Waals surface area contributed by atoms with E-state index in [2.05, 4.69) is 10.3 Å². The maximum atomic E-state index is 12.1. The van der Waals surface area contributed by atoms with Crippen LogP contribution in [0.2, 0.25) is 0 Å². The number of benzene rings is 1. The second-order valence-electron chi connectivity index (χ2n) is 4.64. The molecule has 0 bridgehead atoms. The van der Waals surface area contributed by atoms with E-state index in [4.69, 9.17) is 4.74 Å². The van der Waals surface area contributed by atoms with E-state index in [9.17, 15) is 14.9 Å². The third-order valence-corrected chi connectivity index (χ3v) is 3.23. The van der Waals surface area contributed by atoms with E-state index < -0.39 is 4.92 Å². The first-order chi connectivity index (χ1) is 10.5. The summed E-state index contributed by atoms with van der Waals surface area (Å²) < 4.78 is 6.91. The first-order valence-corrected chi connectivity index (χ1v) is 6.60. The molecule has 0 saturated carbocycles. The van der Waals surface area contributed by atoms with E-state index >= 15 is 0 Å². The van der Waals surface area contributed by atoms with E-state index in [1.165, 1.54) is 19.2 Å². The summed E-state index contributed by atoms with van der Waals surface area (Å²) in [6.07, 6.45) is 5.08. The number of nitrogens with one attached hydrogen (secondary N) is 1. The van der Waals surface area contributed by atoms with Crippen LogP contribution in [0.4, 0.5) is 5.69 Å². The average molecular weight is 304 g/mol. The monoisotopic (exact) mass is 304 g/mol. The summed E-state index contributed by atoms with van der Waals surface area (Å²) in [5, 5.41) is 13.8. The number of carbonyl (C=O) groups is 1. The van der Waals surface area contributed by atoms with E-state index in [-0.39, 0.29) is 17.2 Å². The molecule has 0 atom stereocenters. The van der Waals surface area contributed by atoms with Crippen molar-refractivity contribution in [1.29, 1.82) is 0 Å². The van der Waals surface area contributed by atoms with Crippen molar-refractivity contribution in [2.45, 2.75) is 13.5 Å². The van der Waals surface area contributed by atoms with Crippen LogP contribution in [0.5, 0.6) is 5.75 Å². The van der Waals surface area contributed by atoms with Crippen molar-refractivity contribution in [3.05, 3.63) is 52.1 Å². The molecule has 0 aliphatic carbocycles. The molecule has 1 aromatic carbocycles. The molecule has 0 unspecified atom stereocenters. The lowest BCUT2D eigenvalue weighted by molar-refractivity contribution is -0.385. The van der Waals surface area contributed by atoms with Gasteiger partial charge in [0.25, 0.3) is 11.6 Å². The molecule has 0 aliphatic rings. The molecule has 1 amide bonds. The van der Waals surface area contributed by atoms with Crippen LogP contribution < -0.4 is 10.1 Å². The Balaban J connectivity index is 2.11. The van der Waals surface area contributed by atoms with Gasteiger partial charge in [-0.3, -0.25) is 14.9 Å². The van der Waals surface area contributed by atoms with Crippen LogP contribution in [0.25, 0.3) is 0 Å². The summed E-state index contributed by atoms with van der Waals surface area (Å²) in [6.45, 7) is 2.54. The number of ether oxygens (including phenoxy) is 1. The van der Waals surface area contributed by atoms with Crippen LogP contribution in [0.3, 0.4) is 0 Å². The Kier molecular flexibility index (Phi) is 4.72. The van der Waals surface area contributed by atoms with Crippen LogP contribution >= 0.6 is 0 Å². The zero-order valence-electron chi connectivity index (χ0n) is 12.3. The maximum Gasteiger partial charge on any atom is 0.276 e. The highest BCUT2D eigenvalue weighted by molar-refractivity contribution is 5.95. The lowest BCUT2D eigenvalue weighted by atomic mass is 10.1. The molecule has 116 valence electrons. The molecule has 8 nitrogen and oxygen atoms in total. The van der Waals surface area contributed by atoms with Crippen molar-refractivity contribution < 1.29 is 14.5 Å². The normalized spacial score (nSPS) is 10.3. The van der Waals surface area contributed by atoms with Crippen LogP contribution in [0, 0.1) is 17.0 Å². The zero-order chi connectivity index (χ0) is 16.1. The fourth-order valence-corrected chi connectivity index (χ4v) is 2.03. The van der Waals surface area contributed by atoms with E-state index in [0.29, 0.717) is 24.4 Å². The Hall–Kier alpha value is -2.90. The minimum Gasteiger partial charge on any atom is -0.496 e. The van der Waals surface area contributed by atoms with Crippen molar-refractivity contribution in [3.63, 3.8) is 0 Å². The minimum atomic E-state index is -0.528. The molecule has 1 aromatic heterocycles. The van der Waals surface area contributed by atoms with Crippen LogP contribution in [-0.4, -0.2) is 34.0 Å². The highest BCUT2D eigenvalue weighted by Gasteiger charge is 2.19. The van der Waals surface area contributed by atoms with Crippen LogP contribution in [0.1, 0.15) is 15.9 Å². The van der Waals surface area contributed by atoms with E-state index in [1.807, 2.05) is 4.57 Å². The predicted molar refractivity (Wildman–Crippen MR) is 78.9 cm³/mol. The predicted octanol–water partition coefficient (Wildman–Crippen LogP) is 1.54. The van der Waals surface area contributed by atoms with E-state index in [1.54, 1.807) is 25.6 Å². The SMILES string of the molecule is COc1cc(C(=O)NCCn2ccnc2)cc([N+](=O)[O-])c1C. The van der Waals surface area contributed by atoms with Crippen molar-refractivity contribution in [2.24, 2.45) is 0 Å². The Labute approximate surface area is 126 Å². The molecule has 8 heteroatoms. The van der Waals surface area contributed by atoms with Gasteiger partial charge in [-0.25, -0.2) is 4.98 Å². The van der Waals surface area contributed by atoms with Crippen LogP contribution in [0.15, 0.2) is 30.9 Å². The molecule has 0 saturated heterocycles. The smallest absolute Gasteiger partial charge is 0.276 e. The lowest BCUT2D eigenvalue weighted by Gasteiger charge is -2.09. The third kappa shape index (κ3) is 3.40. The van der Waals surface area contributed by atoms with Gasteiger partial charge in [0.05, 0.1) is 23.9 Å². The number of aromatic nitrogens is 2. The van der Waals surface area contributed by atoms with Gasteiger partial charge in [-0.05, 0) is 13.0 Å². The standard InChI is InChI=1S/C14H16N4O4/c1-10-12(18(20)21)7-11(8-13(10)22-2)14(19)16-4-6-17-5-3-15-9-17/h3,5,7-9H,4,6H2,1-2H3,(H,16,19). The minimum absolute atomic E-state index is 0.140. The molecule has 22 heavy (non-hydrogen) atoms. The second kappa shape index (κ2) is 6.70. The number of nitro benzene ring substituents is 1. The van der Waals surface area contributed by atoms with Gasteiger partial charge in [-0.2, -0.15) is 0 Å². The number of hydrogen-bond donors (Lipinski definition) is 1. The molecule has 0 radical (unpaired) electrons. The zero-order valence-corrected chi connectivity index (χ0v) is 12.3. The number of methoxy groups -OCH3 is 1. The average Bonchev–Trinajstić information content (AvgIpc) is 3.00. The number of rotatable bonds is 6. The van der Waals surface area contributed by atoms with Gasteiger partial charge in [0.1, 0.15) is 5.75 Å². The fourth-order valence-electron chi connectivity index (χ4n) is 2.03. The van der Waals surface area contributed by atoms with Gasteiger partial charge in [-0.15, -0.1) is 0 Å². The quantitative estimate of drug-likeness (QED) is 0.644. The summed E-state index contributed by atoms with van der Waals surface area (Å²) in [5.74, 6) is -0.0736. The number of nitro groups is 1. The van der Waals surface area contributed by atoms with Gasteiger partial charge in [0.15, 0.2) is 0 Å². The summed E-state index contributed by atoms with van der Waals surface area (Å²) >= 11 is 0. The number of imidazole rings is 1. The summed E-state index contributed by atoms with van der Waals surface area (Å²) in [5.41, 5.74) is 0.446. The van der Waals surface area contributed by atoms with Gasteiger partial charge in [0, 0.05) is 37.1 Å². The van der Waals surface area contributed by atoms with Crippen molar-refractivity contribution in [3.8, 4) is 5.75 Å². The highest BCUT2D eigenvalue weighted by Crippen LogP contribution is 2.29. The van der Waals surface area contributed by atoms with Crippen LogP contribution in [-0.2, 0) is 6.54 Å². The largest absolute Gasteiger partial charge is 0.496 e. The fraction of sp³-hybridized carbons (Fsp3) is 0.286. The molecule has 0 fully saturated rings. The Morgan fingerprint density at radius 2 is 2.27 bits per heavy atom. The van der Waals surface area contributed by atoms with Crippen molar-refractivity contribution in [2.75, 3.05) is 13.7 Å². The lowest BCUT2D eigenvalue weighted by Crippen LogP contribution is -2.27. The first kappa shape index (κ1) is 15.5. The first-order valence-electron chi connectivity index (χ1n) is 6.60. The molecular weight excluding hydrogens is 288 g/mol. The number of amides is 1. The Bertz CT molecular complexity index is 682. The van der Waals surface area contributed by atoms with E-state index in [0.717, 1.165) is 0 Å². The third-order valence-electron chi connectivity index (χ3n) is 3.23. The molecular formula is C14H16N4O4. The second-order valence-corrected chi connectivity index (χ2v) is 4.64. The maximum absolute atomic E-state index is 12.1. The van der Waals surface area contributed by atoms with Gasteiger partial charge < -0.3 is 14.6 Å². The van der Waals surface area contributed by atoms with Gasteiger partial charge in [-0.1, -0.05) is 0 Å². The van der Waals surface area contributed by atoms with Crippen molar-refractivity contribution in [1.82, 2.24) is 14.9 Å². The van der Waals surface area contributed by atoms with Gasteiger partial charge in [0.2, 0.25) is 0 Å².